The Morgan fingerprint density at radius 3 is 2.52 bits per heavy atom. The smallest absolute Gasteiger partial charge is 0.272 e. The van der Waals surface area contributed by atoms with Gasteiger partial charge in [-0.3, -0.25) is 8.88 Å². The minimum absolute atomic E-state index is 0.232. The summed E-state index contributed by atoms with van der Waals surface area (Å²) in [7, 11) is -10.8. The first-order chi connectivity index (χ1) is 13.2. The highest BCUT2D eigenvalue weighted by Gasteiger charge is 2.52. The van der Waals surface area contributed by atoms with Crippen LogP contribution in [-0.4, -0.2) is 6.61 Å². The number of allylic oxidation sites excluding steroid dienone is 2. The predicted molar refractivity (Wildman–Crippen MR) is 106 cm³/mol. The second-order valence-electron chi connectivity index (χ2n) is 9.51. The first kappa shape index (κ1) is 25.0. The van der Waals surface area contributed by atoms with Crippen LogP contribution in [0.15, 0.2) is 23.8 Å². The monoisotopic (exact) mass is 447 g/mol. The van der Waals surface area contributed by atoms with Gasteiger partial charge in [0, 0.05) is 0 Å². The molecule has 1 unspecified atom stereocenters. The van der Waals surface area contributed by atoms with E-state index in [1.54, 1.807) is 6.08 Å². The Hall–Kier alpha value is -0.260. The van der Waals surface area contributed by atoms with Gasteiger partial charge >= 0.3 is 0 Å². The summed E-state index contributed by atoms with van der Waals surface area (Å²) in [6.07, 6.45) is 9.23. The van der Waals surface area contributed by atoms with Gasteiger partial charge in [0.1, 0.15) is 0 Å². The zero-order chi connectivity index (χ0) is 22.1. The van der Waals surface area contributed by atoms with E-state index in [1.165, 1.54) is 31.3 Å². The van der Waals surface area contributed by atoms with Crippen molar-refractivity contribution >= 4 is 15.6 Å². The van der Waals surface area contributed by atoms with Gasteiger partial charge in [0.25, 0.3) is 7.82 Å². The van der Waals surface area contributed by atoms with Gasteiger partial charge in [0.05, 0.1) is 14.4 Å². The van der Waals surface area contributed by atoms with E-state index in [0.29, 0.717) is 17.3 Å². The van der Waals surface area contributed by atoms with Crippen molar-refractivity contribution in [1.29, 1.82) is 0 Å². The molecule has 168 valence electrons. The first-order valence-corrected chi connectivity index (χ1v) is 13.1. The molecule has 0 bridgehead atoms. The lowest BCUT2D eigenvalue weighted by Gasteiger charge is -2.58. The summed E-state index contributed by atoms with van der Waals surface area (Å²) < 4.78 is 29.6. The molecule has 0 heterocycles. The maximum absolute atomic E-state index is 11.3. The molecule has 0 aromatic carbocycles. The van der Waals surface area contributed by atoms with Crippen molar-refractivity contribution in [3.05, 3.63) is 23.8 Å². The summed E-state index contributed by atoms with van der Waals surface area (Å²) in [6.45, 7) is 13.0. The van der Waals surface area contributed by atoms with Crippen molar-refractivity contribution in [2.45, 2.75) is 72.6 Å². The van der Waals surface area contributed by atoms with Crippen LogP contribution in [-0.2, 0) is 18.0 Å². The van der Waals surface area contributed by atoms with Gasteiger partial charge in [0.15, 0.2) is 0 Å². The summed E-state index contributed by atoms with van der Waals surface area (Å²) in [6, 6.07) is 0. The highest BCUT2D eigenvalue weighted by Crippen LogP contribution is 2.61. The zero-order valence-electron chi connectivity index (χ0n) is 17.8. The third-order valence-corrected chi connectivity index (χ3v) is 9.08. The number of hydrogen-bond acceptors (Lipinski definition) is 7. The van der Waals surface area contributed by atoms with E-state index >= 15 is 0 Å². The maximum Gasteiger partial charge on any atom is 0.272 e. The molecule has 2 saturated carbocycles. The van der Waals surface area contributed by atoms with Crippen molar-refractivity contribution in [1.82, 2.24) is 0 Å². The number of phosphoric ester groups is 1. The lowest BCUT2D eigenvalue weighted by molar-refractivity contribution is -0.339. The molecule has 2 rings (SSSR count). The summed E-state index contributed by atoms with van der Waals surface area (Å²) in [5.74, 6) is 1.09. The molecule has 7 nitrogen and oxygen atoms in total. The topological polar surface area (TPSA) is 122 Å². The number of hydrogen-bond donors (Lipinski definition) is 0. The lowest BCUT2D eigenvalue weighted by atomic mass is 9.47. The highest BCUT2D eigenvalue weighted by atomic mass is 31.3. The Morgan fingerprint density at radius 1 is 1.24 bits per heavy atom. The van der Waals surface area contributed by atoms with Crippen LogP contribution in [0.5, 0.6) is 0 Å². The van der Waals surface area contributed by atoms with Crippen molar-refractivity contribution in [3.8, 4) is 0 Å². The van der Waals surface area contributed by atoms with Gasteiger partial charge in [-0.1, -0.05) is 51.0 Å². The van der Waals surface area contributed by atoms with Gasteiger partial charge in [-0.05, 0) is 68.1 Å². The zero-order valence-corrected chi connectivity index (χ0v) is 19.6. The second kappa shape index (κ2) is 9.08. The van der Waals surface area contributed by atoms with Gasteiger partial charge in [-0.2, -0.15) is 0 Å². The quantitative estimate of drug-likeness (QED) is 0.409. The normalized spacial score (nSPS) is 32.5. The van der Waals surface area contributed by atoms with Crippen LogP contribution >= 0.6 is 15.6 Å². The van der Waals surface area contributed by atoms with E-state index in [0.717, 1.165) is 24.8 Å². The summed E-state index contributed by atoms with van der Waals surface area (Å²) in [5, 5.41) is 0. The molecule has 29 heavy (non-hydrogen) atoms. The fraction of sp³-hybridized carbons (Fsp3) is 0.800. The van der Waals surface area contributed by atoms with Crippen LogP contribution in [0.2, 0.25) is 0 Å². The molecule has 2 fully saturated rings. The molecule has 9 heteroatoms. The Bertz CT molecular complexity index is 739. The molecule has 4 atom stereocenters. The summed E-state index contributed by atoms with van der Waals surface area (Å²) >= 11 is 0. The fourth-order valence-electron chi connectivity index (χ4n) is 5.70. The average molecular weight is 447 g/mol. The van der Waals surface area contributed by atoms with Crippen molar-refractivity contribution in [2.75, 3.05) is 6.61 Å². The number of rotatable bonds is 8. The lowest BCUT2D eigenvalue weighted by Crippen LogP contribution is -2.49. The van der Waals surface area contributed by atoms with Crippen LogP contribution in [0, 0.1) is 22.7 Å². The van der Waals surface area contributed by atoms with Crippen LogP contribution in [0.4, 0.5) is 0 Å². The minimum Gasteiger partial charge on any atom is -0.790 e. The standard InChI is InChI=1S/C20H36O7P2/c1-15(11-14-26-29(24,25)27-28(21,22)23)7-9-17-16(2)8-10-18-19(3,4)12-6-13-20(17,18)5/h11,17-18H,2,6-10,12-14H2,1,3-5H3,(H,24,25)(H2,21,22,23)/p-3/t17-,18-,20+/m0/s1. The van der Waals surface area contributed by atoms with Gasteiger partial charge in [0.2, 0.25) is 0 Å². The van der Waals surface area contributed by atoms with E-state index in [9.17, 15) is 23.8 Å². The first-order valence-electron chi connectivity index (χ1n) is 10.2. The van der Waals surface area contributed by atoms with Crippen molar-refractivity contribution in [2.24, 2.45) is 22.7 Å². The molecule has 0 radical (unpaired) electrons. The van der Waals surface area contributed by atoms with Gasteiger partial charge in [-0.15, -0.1) is 0 Å². The Morgan fingerprint density at radius 2 is 1.90 bits per heavy atom. The SMILES string of the molecule is C=C1CC[C@H]2C(C)(C)CCC[C@]2(C)[C@H]1CCC(C)=CCOP(=O)([O-])OP(=O)([O-])[O-]. The molecule has 2 aliphatic rings. The Balaban J connectivity index is 1.97. The Kier molecular flexibility index (Phi) is 7.83. The number of fused-ring (bicyclic) bond motifs is 1. The molecule has 2 aliphatic carbocycles. The molecular weight excluding hydrogens is 414 g/mol. The second-order valence-corrected chi connectivity index (χ2v) is 12.2. The van der Waals surface area contributed by atoms with Crippen LogP contribution in [0.1, 0.15) is 72.6 Å². The fourth-order valence-corrected chi connectivity index (χ4v) is 7.12. The van der Waals surface area contributed by atoms with Crippen molar-refractivity contribution in [3.63, 3.8) is 0 Å². The van der Waals surface area contributed by atoms with Gasteiger partial charge in [-0.25, -0.2) is 0 Å². The van der Waals surface area contributed by atoms with Crippen LogP contribution in [0.3, 0.4) is 0 Å². The van der Waals surface area contributed by atoms with E-state index < -0.39 is 15.6 Å². The van der Waals surface area contributed by atoms with Gasteiger partial charge < -0.3 is 23.8 Å². The van der Waals surface area contributed by atoms with E-state index in [4.69, 9.17) is 0 Å². The van der Waals surface area contributed by atoms with Crippen LogP contribution in [0.25, 0.3) is 0 Å². The predicted octanol–water partition coefficient (Wildman–Crippen LogP) is 3.84. The molecule has 0 aliphatic heterocycles. The average Bonchev–Trinajstić information content (AvgIpc) is 2.50. The number of phosphoric acid groups is 2. The van der Waals surface area contributed by atoms with E-state index in [2.05, 4.69) is 36.2 Å². The molecule has 0 spiro atoms. The van der Waals surface area contributed by atoms with Crippen LogP contribution < -0.4 is 14.7 Å². The summed E-state index contributed by atoms with van der Waals surface area (Å²) in [4.78, 5) is 32.1. The molecule has 0 aromatic heterocycles. The molecule has 0 aromatic rings. The molecule has 0 amide bonds. The Labute approximate surface area is 174 Å². The minimum atomic E-state index is -5.65. The molecule has 0 saturated heterocycles. The summed E-state index contributed by atoms with van der Waals surface area (Å²) in [5.41, 5.74) is 2.81. The highest BCUT2D eigenvalue weighted by molar-refractivity contribution is 7.58. The third-order valence-electron chi connectivity index (χ3n) is 7.01. The molecular formula is C20H33O7P2-3. The van der Waals surface area contributed by atoms with Crippen molar-refractivity contribution < 1.29 is 32.6 Å². The third kappa shape index (κ3) is 6.61. The molecule has 0 N–H and O–H groups in total. The maximum atomic E-state index is 11.3. The van der Waals surface area contributed by atoms with E-state index in [1.807, 2.05) is 6.92 Å². The largest absolute Gasteiger partial charge is 0.790 e. The van der Waals surface area contributed by atoms with E-state index in [-0.39, 0.29) is 12.0 Å².